The Morgan fingerprint density at radius 2 is 1.69 bits per heavy atom. The Morgan fingerprint density at radius 1 is 0.949 bits per heavy atom. The van der Waals surface area contributed by atoms with E-state index >= 15 is 0 Å². The number of imide groups is 2. The number of carbonyl (C=O) groups is 5. The summed E-state index contributed by atoms with van der Waals surface area (Å²) in [7, 11) is 1.52. The van der Waals surface area contributed by atoms with Gasteiger partial charge >= 0.3 is 0 Å². The van der Waals surface area contributed by atoms with Crippen molar-refractivity contribution in [2.24, 2.45) is 0 Å². The number of halogens is 1. The van der Waals surface area contributed by atoms with Crippen molar-refractivity contribution >= 4 is 46.8 Å². The number of hydrogen-bond donors (Lipinski definition) is 3. The molecule has 2 aliphatic rings. The molecule has 4 aromatic rings. The molecule has 1 saturated heterocycles. The predicted molar refractivity (Wildman–Crippen MR) is 209 cm³/mol. The van der Waals surface area contributed by atoms with Gasteiger partial charge in [0.05, 0.1) is 88.4 Å². The number of methoxy groups -OCH3 is 1. The number of anilines is 1. The number of nitrogens with one attached hydrogen (secondary N) is 3. The van der Waals surface area contributed by atoms with E-state index in [0.29, 0.717) is 113 Å². The van der Waals surface area contributed by atoms with Crippen LogP contribution in [0.1, 0.15) is 56.2 Å². The second kappa shape index (κ2) is 21.3. The molecule has 1 unspecified atom stereocenters. The first-order valence-corrected chi connectivity index (χ1v) is 19.5. The van der Waals surface area contributed by atoms with Crippen molar-refractivity contribution in [2.45, 2.75) is 38.3 Å². The quantitative estimate of drug-likeness (QED) is 0.0681. The second-order valence-corrected chi connectivity index (χ2v) is 13.7. The number of fused-ring (bicyclic) bond motifs is 1. The number of nitrogens with zero attached hydrogens (tertiary/aromatic N) is 5. The zero-order valence-corrected chi connectivity index (χ0v) is 33.2. The molecule has 0 radical (unpaired) electrons. The lowest BCUT2D eigenvalue weighted by Gasteiger charge is -2.27. The third-order valence-corrected chi connectivity index (χ3v) is 9.58. The number of aromatic nitrogens is 4. The minimum atomic E-state index is -1.02. The molecule has 5 amide bonds. The number of amides is 5. The summed E-state index contributed by atoms with van der Waals surface area (Å²) in [6.45, 7) is 4.41. The summed E-state index contributed by atoms with van der Waals surface area (Å²) in [5.74, 6) is -1.72. The van der Waals surface area contributed by atoms with Gasteiger partial charge < -0.3 is 38.7 Å². The van der Waals surface area contributed by atoms with Gasteiger partial charge in [-0.05, 0) is 49.6 Å². The van der Waals surface area contributed by atoms with Crippen LogP contribution in [0, 0.1) is 0 Å². The minimum absolute atomic E-state index is 0.0575. The number of benzene rings is 2. The van der Waals surface area contributed by atoms with E-state index in [-0.39, 0.29) is 35.6 Å². The van der Waals surface area contributed by atoms with E-state index in [1.165, 1.54) is 13.5 Å². The minimum Gasteiger partial charge on any atom is -0.495 e. The fourth-order valence-corrected chi connectivity index (χ4v) is 6.64. The molecule has 6 rings (SSSR count). The Kier molecular flexibility index (Phi) is 15.5. The maximum Gasteiger partial charge on any atom is 0.273 e. The van der Waals surface area contributed by atoms with E-state index in [9.17, 15) is 24.0 Å². The van der Waals surface area contributed by atoms with Crippen molar-refractivity contribution in [1.29, 1.82) is 0 Å². The highest BCUT2D eigenvalue weighted by atomic mass is 35.5. The zero-order chi connectivity index (χ0) is 41.6. The average molecular weight is 837 g/mol. The number of aryl methyl sites for hydroxylation is 1. The lowest BCUT2D eigenvalue weighted by atomic mass is 10.0. The molecule has 59 heavy (non-hydrogen) atoms. The maximum absolute atomic E-state index is 13.2. The van der Waals surface area contributed by atoms with Crippen molar-refractivity contribution in [1.82, 2.24) is 35.5 Å². The molecule has 1 fully saturated rings. The Bertz CT molecular complexity index is 2110. The van der Waals surface area contributed by atoms with Gasteiger partial charge in [0, 0.05) is 37.0 Å². The highest BCUT2D eigenvalue weighted by molar-refractivity contribution is 6.32. The number of hydrogen-bond acceptors (Lipinski definition) is 15. The monoisotopic (exact) mass is 836 g/mol. The Balaban J connectivity index is 0.749. The lowest BCUT2D eigenvalue weighted by molar-refractivity contribution is -0.136. The van der Waals surface area contributed by atoms with Gasteiger partial charge in [0.1, 0.15) is 11.8 Å². The van der Waals surface area contributed by atoms with Gasteiger partial charge in [0.2, 0.25) is 11.8 Å². The predicted octanol–water partition coefficient (Wildman–Crippen LogP) is 2.54. The summed E-state index contributed by atoms with van der Waals surface area (Å²) in [6, 6.07) is 8.97. The van der Waals surface area contributed by atoms with E-state index < -0.39 is 29.7 Å². The standard InChI is InChI=1S/C39H45ClN8O11/c1-54-31-9-7-25(22-28(31)40)35-34(43-24-59-35)37(51)42-11-3-4-26-23-47(46-45-26)13-15-56-17-19-58-21-20-57-18-16-55-14-12-41-29-6-2-5-27-33(29)39(53)48(38(27)52)30-8-10-32(49)44-36(30)50/h2,5-7,9,22-24,30,41H,3-4,8,10-21H2,1H3,(H,42,51)(H,44,49,50). The van der Waals surface area contributed by atoms with Crippen LogP contribution in [-0.4, -0.2) is 134 Å². The summed E-state index contributed by atoms with van der Waals surface area (Å²) in [5, 5.41) is 16.9. The van der Waals surface area contributed by atoms with Gasteiger partial charge in [-0.1, -0.05) is 22.9 Å². The van der Waals surface area contributed by atoms with Crippen LogP contribution in [0.25, 0.3) is 11.3 Å². The molecule has 0 bridgehead atoms. The molecule has 0 saturated carbocycles. The Morgan fingerprint density at radius 3 is 2.42 bits per heavy atom. The fourth-order valence-electron chi connectivity index (χ4n) is 6.38. The van der Waals surface area contributed by atoms with Crippen molar-refractivity contribution < 1.29 is 52.1 Å². The molecule has 0 spiro atoms. The van der Waals surface area contributed by atoms with E-state index in [2.05, 4.69) is 31.2 Å². The maximum atomic E-state index is 13.2. The third kappa shape index (κ3) is 11.3. The first-order valence-electron chi connectivity index (χ1n) is 19.1. The van der Waals surface area contributed by atoms with E-state index in [0.717, 1.165) is 10.6 Å². The molecule has 3 N–H and O–H groups in total. The van der Waals surface area contributed by atoms with Crippen LogP contribution in [0.15, 0.2) is 53.4 Å². The van der Waals surface area contributed by atoms with Crippen LogP contribution in [0.2, 0.25) is 5.02 Å². The molecule has 2 aromatic heterocycles. The lowest BCUT2D eigenvalue weighted by Crippen LogP contribution is -2.54. The van der Waals surface area contributed by atoms with E-state index in [1.54, 1.807) is 41.1 Å². The number of rotatable bonds is 24. The number of carbonyl (C=O) groups excluding carboxylic acids is 5. The second-order valence-electron chi connectivity index (χ2n) is 13.3. The van der Waals surface area contributed by atoms with Gasteiger partial charge in [-0.3, -0.25) is 34.2 Å². The highest BCUT2D eigenvalue weighted by Gasteiger charge is 2.45. The van der Waals surface area contributed by atoms with Gasteiger partial charge in [-0.25, -0.2) is 9.67 Å². The number of oxazole rings is 1. The molecule has 4 heterocycles. The van der Waals surface area contributed by atoms with Gasteiger partial charge in [-0.2, -0.15) is 0 Å². The number of ether oxygens (including phenoxy) is 5. The van der Waals surface area contributed by atoms with E-state index in [4.69, 9.17) is 39.7 Å². The summed E-state index contributed by atoms with van der Waals surface area (Å²) in [6.07, 6.45) is 4.50. The summed E-state index contributed by atoms with van der Waals surface area (Å²) >= 11 is 6.23. The average Bonchev–Trinajstić information content (AvgIpc) is 3.97. The van der Waals surface area contributed by atoms with Crippen LogP contribution < -0.4 is 20.7 Å². The summed E-state index contributed by atoms with van der Waals surface area (Å²) in [4.78, 5) is 67.8. The topological polar surface area (TPSA) is 228 Å². The number of piperidine rings is 1. The van der Waals surface area contributed by atoms with E-state index in [1.807, 2.05) is 6.20 Å². The van der Waals surface area contributed by atoms with Crippen LogP contribution >= 0.6 is 11.6 Å². The molecule has 2 aromatic carbocycles. The van der Waals surface area contributed by atoms with Gasteiger partial charge in [0.25, 0.3) is 17.7 Å². The Labute approximate surface area is 344 Å². The molecular formula is C39H45ClN8O11. The third-order valence-electron chi connectivity index (χ3n) is 9.29. The van der Waals surface area contributed by atoms with Gasteiger partial charge in [-0.15, -0.1) is 5.10 Å². The zero-order valence-electron chi connectivity index (χ0n) is 32.4. The first kappa shape index (κ1) is 42.9. The molecule has 20 heteroatoms. The molecule has 0 aliphatic carbocycles. The van der Waals surface area contributed by atoms with Crippen LogP contribution in [0.5, 0.6) is 5.75 Å². The Hall–Kier alpha value is -5.73. The highest BCUT2D eigenvalue weighted by Crippen LogP contribution is 2.33. The molecule has 314 valence electrons. The van der Waals surface area contributed by atoms with Crippen LogP contribution in [0.4, 0.5) is 5.69 Å². The van der Waals surface area contributed by atoms with Crippen molar-refractivity contribution in [3.05, 3.63) is 76.5 Å². The smallest absolute Gasteiger partial charge is 0.273 e. The molecule has 19 nitrogen and oxygen atoms in total. The largest absolute Gasteiger partial charge is 0.495 e. The fraction of sp³-hybridized carbons (Fsp3) is 0.436. The summed E-state index contributed by atoms with van der Waals surface area (Å²) < 4.78 is 34.7. The first-order chi connectivity index (χ1) is 28.7. The van der Waals surface area contributed by atoms with Crippen molar-refractivity contribution in [2.75, 3.05) is 78.4 Å². The molecular weight excluding hydrogens is 792 g/mol. The van der Waals surface area contributed by atoms with Gasteiger partial charge in [0.15, 0.2) is 17.8 Å². The van der Waals surface area contributed by atoms with Crippen LogP contribution in [-0.2, 0) is 41.5 Å². The molecule has 1 atom stereocenters. The summed E-state index contributed by atoms with van der Waals surface area (Å²) in [5.41, 5.74) is 2.46. The van der Waals surface area contributed by atoms with Crippen molar-refractivity contribution in [3.63, 3.8) is 0 Å². The normalized spacial score (nSPS) is 15.1. The van der Waals surface area contributed by atoms with Crippen molar-refractivity contribution in [3.8, 4) is 17.1 Å². The molecule has 2 aliphatic heterocycles. The van der Waals surface area contributed by atoms with Crippen LogP contribution in [0.3, 0.4) is 0 Å². The SMILES string of the molecule is COc1ccc(-c2ocnc2C(=O)NCCCc2cn(CCOCCOCCOCCOCCNc3cccc4c3C(=O)N(C3CCC(=O)NC3=O)C4=O)nn2)cc1Cl.